The average molecular weight is 295 g/mol. The molecule has 0 saturated heterocycles. The van der Waals surface area contributed by atoms with Gasteiger partial charge in [0.15, 0.2) is 6.79 Å². The van der Waals surface area contributed by atoms with E-state index in [0.717, 1.165) is 0 Å². The Bertz CT molecular complexity index is 451. The number of hydrogen-bond donors (Lipinski definition) is 1. The summed E-state index contributed by atoms with van der Waals surface area (Å²) in [4.78, 5) is 0.125. The monoisotopic (exact) mass is 295 g/mol. The molecule has 1 aromatic rings. The molecule has 0 radical (unpaired) electrons. The summed E-state index contributed by atoms with van der Waals surface area (Å²) in [6, 6.07) is 4.56. The van der Waals surface area contributed by atoms with Crippen LogP contribution in [0.25, 0.3) is 0 Å². The van der Waals surface area contributed by atoms with Crippen LogP contribution in [0, 0.1) is 0 Å². The van der Waals surface area contributed by atoms with Crippen molar-refractivity contribution >= 4 is 17.2 Å². The van der Waals surface area contributed by atoms with Gasteiger partial charge in [-0.3, -0.25) is 0 Å². The van der Waals surface area contributed by atoms with Crippen LogP contribution in [0.1, 0.15) is 5.56 Å². The molecule has 0 spiro atoms. The molecule has 0 unspecified atom stereocenters. The Kier molecular flexibility index (Phi) is 5.37. The molecule has 0 saturated carbocycles. The maximum atomic E-state index is 11.8. The highest BCUT2D eigenvalue weighted by molar-refractivity contribution is 7.80. The Balaban J connectivity index is 2.62. The van der Waals surface area contributed by atoms with Gasteiger partial charge >= 0.3 is 6.18 Å². The van der Waals surface area contributed by atoms with E-state index in [4.69, 9.17) is 27.4 Å². The van der Waals surface area contributed by atoms with Crippen LogP contribution in [0.15, 0.2) is 18.2 Å². The molecule has 0 amide bonds. The molecule has 106 valence electrons. The number of benzene rings is 1. The second-order valence-corrected chi connectivity index (χ2v) is 3.93. The van der Waals surface area contributed by atoms with E-state index in [1.807, 2.05) is 0 Å². The summed E-state index contributed by atoms with van der Waals surface area (Å²) < 4.78 is 49.8. The zero-order chi connectivity index (χ0) is 14.5. The van der Waals surface area contributed by atoms with Crippen molar-refractivity contribution in [2.45, 2.75) is 6.18 Å². The van der Waals surface area contributed by atoms with E-state index in [2.05, 4.69) is 4.74 Å². The third-order valence-corrected chi connectivity index (χ3v) is 2.21. The van der Waals surface area contributed by atoms with Gasteiger partial charge in [0.1, 0.15) is 23.1 Å². The molecular formula is C11H12F3NO3S. The molecule has 1 rings (SSSR count). The molecule has 0 aliphatic carbocycles. The molecule has 0 atom stereocenters. The summed E-state index contributed by atoms with van der Waals surface area (Å²) >= 11 is 4.80. The molecule has 1 aromatic carbocycles. The van der Waals surface area contributed by atoms with Gasteiger partial charge in [-0.2, -0.15) is 13.2 Å². The van der Waals surface area contributed by atoms with Gasteiger partial charge in [-0.25, -0.2) is 0 Å². The zero-order valence-electron chi connectivity index (χ0n) is 9.99. The first-order chi connectivity index (χ1) is 8.81. The minimum Gasteiger partial charge on any atom is -0.497 e. The van der Waals surface area contributed by atoms with E-state index in [0.29, 0.717) is 11.3 Å². The Morgan fingerprint density at radius 2 is 1.89 bits per heavy atom. The van der Waals surface area contributed by atoms with Crippen molar-refractivity contribution < 1.29 is 27.4 Å². The minimum atomic E-state index is -4.39. The van der Waals surface area contributed by atoms with E-state index in [1.165, 1.54) is 19.2 Å². The first-order valence-electron chi connectivity index (χ1n) is 5.08. The quantitative estimate of drug-likeness (QED) is 0.495. The van der Waals surface area contributed by atoms with Crippen LogP contribution < -0.4 is 15.2 Å². The van der Waals surface area contributed by atoms with Gasteiger partial charge in [-0.15, -0.1) is 0 Å². The van der Waals surface area contributed by atoms with Crippen LogP contribution in [0.5, 0.6) is 11.5 Å². The molecule has 0 fully saturated rings. The summed E-state index contributed by atoms with van der Waals surface area (Å²) in [7, 11) is 1.43. The van der Waals surface area contributed by atoms with Crippen LogP contribution in [0.3, 0.4) is 0 Å². The van der Waals surface area contributed by atoms with Crippen molar-refractivity contribution in [1.29, 1.82) is 0 Å². The number of rotatable bonds is 6. The van der Waals surface area contributed by atoms with E-state index in [9.17, 15) is 13.2 Å². The Hall–Kier alpha value is -1.54. The minimum absolute atomic E-state index is 0.125. The topological polar surface area (TPSA) is 53.7 Å². The molecule has 0 aliphatic heterocycles. The summed E-state index contributed by atoms with van der Waals surface area (Å²) in [6.45, 7) is -1.91. The summed E-state index contributed by atoms with van der Waals surface area (Å²) in [5, 5.41) is 0. The number of methoxy groups -OCH3 is 1. The average Bonchev–Trinajstić information content (AvgIpc) is 2.33. The molecular weight excluding hydrogens is 283 g/mol. The molecule has 4 nitrogen and oxygen atoms in total. The molecule has 0 aliphatic rings. The largest absolute Gasteiger partial charge is 0.497 e. The van der Waals surface area contributed by atoms with Crippen LogP contribution in [0.4, 0.5) is 13.2 Å². The highest BCUT2D eigenvalue weighted by Crippen LogP contribution is 2.23. The van der Waals surface area contributed by atoms with Gasteiger partial charge in [0.05, 0.1) is 7.11 Å². The third-order valence-electron chi connectivity index (χ3n) is 1.97. The van der Waals surface area contributed by atoms with Gasteiger partial charge in [0, 0.05) is 11.6 Å². The van der Waals surface area contributed by atoms with E-state index in [1.54, 1.807) is 6.07 Å². The lowest BCUT2D eigenvalue weighted by Crippen LogP contribution is -2.19. The SMILES string of the molecule is COc1cc(OCOCC(F)(F)F)cc(C(N)=S)c1. The van der Waals surface area contributed by atoms with Crippen molar-refractivity contribution in [1.82, 2.24) is 0 Å². The summed E-state index contributed by atoms with van der Waals surface area (Å²) in [6.07, 6.45) is -4.39. The normalized spacial score (nSPS) is 11.2. The maximum Gasteiger partial charge on any atom is 0.411 e. The van der Waals surface area contributed by atoms with E-state index >= 15 is 0 Å². The second kappa shape index (κ2) is 6.58. The standard InChI is InChI=1S/C11H12F3NO3S/c1-16-8-2-7(10(15)19)3-9(4-8)18-6-17-5-11(12,13)14/h2-4H,5-6H2,1H3,(H2,15,19). The number of thiocarbonyl (C=S) groups is 1. The van der Waals surface area contributed by atoms with Crippen molar-refractivity contribution in [3.05, 3.63) is 23.8 Å². The van der Waals surface area contributed by atoms with Crippen LogP contribution in [-0.4, -0.2) is 31.7 Å². The predicted molar refractivity (Wildman–Crippen MR) is 66.4 cm³/mol. The number of nitrogens with two attached hydrogens (primary N) is 1. The fraction of sp³-hybridized carbons (Fsp3) is 0.364. The molecule has 0 aromatic heterocycles. The fourth-order valence-corrected chi connectivity index (χ4v) is 1.30. The van der Waals surface area contributed by atoms with Gasteiger partial charge in [-0.1, -0.05) is 12.2 Å². The lowest BCUT2D eigenvalue weighted by atomic mass is 10.2. The molecule has 0 bridgehead atoms. The predicted octanol–water partition coefficient (Wildman–Crippen LogP) is 2.24. The fourth-order valence-electron chi connectivity index (χ4n) is 1.18. The number of ether oxygens (including phenoxy) is 3. The van der Waals surface area contributed by atoms with Gasteiger partial charge in [-0.05, 0) is 12.1 Å². The lowest BCUT2D eigenvalue weighted by molar-refractivity contribution is -0.186. The molecule has 2 N–H and O–H groups in total. The van der Waals surface area contributed by atoms with Gasteiger partial charge < -0.3 is 19.9 Å². The molecule has 0 heterocycles. The summed E-state index contributed by atoms with van der Waals surface area (Å²) in [5.74, 6) is 0.681. The number of halogens is 3. The van der Waals surface area contributed by atoms with Crippen LogP contribution in [-0.2, 0) is 4.74 Å². The molecule has 19 heavy (non-hydrogen) atoms. The lowest BCUT2D eigenvalue weighted by Gasteiger charge is -2.11. The van der Waals surface area contributed by atoms with Gasteiger partial charge in [0.2, 0.25) is 0 Å². The number of hydrogen-bond acceptors (Lipinski definition) is 4. The Morgan fingerprint density at radius 3 is 2.42 bits per heavy atom. The van der Waals surface area contributed by atoms with Crippen molar-refractivity contribution in [2.75, 3.05) is 20.5 Å². The Morgan fingerprint density at radius 1 is 1.26 bits per heavy atom. The molecule has 8 heteroatoms. The van der Waals surface area contributed by atoms with Crippen LogP contribution >= 0.6 is 12.2 Å². The van der Waals surface area contributed by atoms with Crippen molar-refractivity contribution in [3.63, 3.8) is 0 Å². The van der Waals surface area contributed by atoms with E-state index < -0.39 is 19.6 Å². The zero-order valence-corrected chi connectivity index (χ0v) is 10.8. The smallest absolute Gasteiger partial charge is 0.411 e. The third kappa shape index (κ3) is 5.75. The summed E-state index contributed by atoms with van der Waals surface area (Å²) in [5.41, 5.74) is 5.94. The first kappa shape index (κ1) is 15.5. The van der Waals surface area contributed by atoms with Gasteiger partial charge in [0.25, 0.3) is 0 Å². The number of alkyl halides is 3. The maximum absolute atomic E-state index is 11.8. The van der Waals surface area contributed by atoms with Crippen molar-refractivity contribution in [3.8, 4) is 11.5 Å². The highest BCUT2D eigenvalue weighted by Gasteiger charge is 2.27. The first-order valence-corrected chi connectivity index (χ1v) is 5.49. The van der Waals surface area contributed by atoms with Crippen LogP contribution in [0.2, 0.25) is 0 Å². The highest BCUT2D eigenvalue weighted by atomic mass is 32.1. The van der Waals surface area contributed by atoms with E-state index in [-0.39, 0.29) is 10.7 Å². The second-order valence-electron chi connectivity index (χ2n) is 3.49. The Labute approximate surface area is 113 Å². The van der Waals surface area contributed by atoms with Crippen molar-refractivity contribution in [2.24, 2.45) is 5.73 Å².